The minimum Gasteiger partial charge on any atom is -0.493 e. The van der Waals surface area contributed by atoms with E-state index in [-0.39, 0.29) is 57.5 Å². The molecule has 37 heavy (non-hydrogen) atoms. The zero-order valence-electron chi connectivity index (χ0n) is 21.1. The van der Waals surface area contributed by atoms with E-state index in [4.69, 9.17) is 9.47 Å². The van der Waals surface area contributed by atoms with Gasteiger partial charge in [0.15, 0.2) is 11.6 Å². The highest BCUT2D eigenvalue weighted by molar-refractivity contribution is 5.95. The van der Waals surface area contributed by atoms with E-state index < -0.39 is 23.3 Å². The van der Waals surface area contributed by atoms with Gasteiger partial charge in [-0.2, -0.15) is 13.2 Å². The van der Waals surface area contributed by atoms with Crippen molar-refractivity contribution in [3.63, 3.8) is 0 Å². The highest BCUT2D eigenvalue weighted by Gasteiger charge is 2.36. The molecule has 0 bridgehead atoms. The lowest BCUT2D eigenvalue weighted by atomic mass is 9.98. The van der Waals surface area contributed by atoms with Crippen molar-refractivity contribution < 1.29 is 27.4 Å². The molecule has 0 aliphatic carbocycles. The number of nitrogens with zero attached hydrogens (tertiary/aromatic N) is 3. The Hall–Kier alpha value is -3.67. The summed E-state index contributed by atoms with van der Waals surface area (Å²) < 4.78 is 53.0. The Morgan fingerprint density at radius 1 is 1.24 bits per heavy atom. The maximum Gasteiger partial charge on any atom is 0.416 e. The van der Waals surface area contributed by atoms with Crippen LogP contribution < -0.4 is 15.6 Å². The summed E-state index contributed by atoms with van der Waals surface area (Å²) in [5.41, 5.74) is -1.37. The summed E-state index contributed by atoms with van der Waals surface area (Å²) in [5, 5.41) is 2.97. The number of rotatable bonds is 5. The van der Waals surface area contributed by atoms with E-state index >= 15 is 0 Å². The van der Waals surface area contributed by atoms with E-state index in [1.54, 1.807) is 4.90 Å². The number of aromatic nitrogens is 3. The lowest BCUT2D eigenvalue weighted by Crippen LogP contribution is -2.48. The van der Waals surface area contributed by atoms with Crippen LogP contribution in [0.5, 0.6) is 5.75 Å². The number of fused-ring (bicyclic) bond motifs is 1. The average molecular weight is 520 g/mol. The SMILES string of the molecule is COc1cc(C(=O)N2C[C@@H](C)O[C@@H](C)C2)cnc1NC(C)c1cc2c(=O)[nH]c(C)nc2cc1C(F)(F)F. The molecule has 3 heterocycles. The number of morpholine rings is 1. The molecule has 3 aromatic rings. The van der Waals surface area contributed by atoms with Gasteiger partial charge in [-0.1, -0.05) is 0 Å². The number of benzene rings is 1. The van der Waals surface area contributed by atoms with Crippen molar-refractivity contribution in [1.82, 2.24) is 19.9 Å². The van der Waals surface area contributed by atoms with Gasteiger partial charge in [-0.3, -0.25) is 9.59 Å². The van der Waals surface area contributed by atoms with Gasteiger partial charge in [-0.05, 0) is 51.5 Å². The van der Waals surface area contributed by atoms with Crippen molar-refractivity contribution in [2.24, 2.45) is 0 Å². The molecular weight excluding hydrogens is 491 g/mol. The highest BCUT2D eigenvalue weighted by Crippen LogP contribution is 2.38. The van der Waals surface area contributed by atoms with E-state index in [1.807, 2.05) is 13.8 Å². The molecule has 0 spiro atoms. The Morgan fingerprint density at radius 2 is 1.92 bits per heavy atom. The summed E-state index contributed by atoms with van der Waals surface area (Å²) >= 11 is 0. The summed E-state index contributed by atoms with van der Waals surface area (Å²) in [6.07, 6.45) is -3.55. The van der Waals surface area contributed by atoms with Crippen molar-refractivity contribution >= 4 is 22.6 Å². The van der Waals surface area contributed by atoms with Gasteiger partial charge in [0.1, 0.15) is 5.82 Å². The number of pyridine rings is 1. The zero-order chi connectivity index (χ0) is 27.1. The molecule has 1 aliphatic rings. The fourth-order valence-electron chi connectivity index (χ4n) is 4.56. The number of hydrogen-bond acceptors (Lipinski definition) is 7. The van der Waals surface area contributed by atoms with Crippen molar-refractivity contribution in [1.29, 1.82) is 0 Å². The van der Waals surface area contributed by atoms with Crippen LogP contribution in [0.3, 0.4) is 0 Å². The summed E-state index contributed by atoms with van der Waals surface area (Å²) in [7, 11) is 1.38. The van der Waals surface area contributed by atoms with Gasteiger partial charge in [0.2, 0.25) is 0 Å². The standard InChI is InChI=1S/C25H28F3N5O4/c1-12-10-33(11-13(2)37-12)24(35)16-6-21(36-5)22(29-9-16)30-14(3)17-7-18-20(8-19(17)25(26,27)28)31-15(4)32-23(18)34/h6-9,12-14H,10-11H2,1-5H3,(H,29,30)(H,31,32,34)/t12-,13+,14?. The van der Waals surface area contributed by atoms with Crippen molar-refractivity contribution in [2.45, 2.75) is 52.1 Å². The Morgan fingerprint density at radius 3 is 2.54 bits per heavy atom. The van der Waals surface area contributed by atoms with Gasteiger partial charge < -0.3 is 24.7 Å². The van der Waals surface area contributed by atoms with Crippen LogP contribution in [0.15, 0.2) is 29.2 Å². The van der Waals surface area contributed by atoms with Gasteiger partial charge in [-0.25, -0.2) is 9.97 Å². The van der Waals surface area contributed by atoms with Crippen LogP contribution in [-0.4, -0.2) is 58.2 Å². The van der Waals surface area contributed by atoms with Gasteiger partial charge in [0.25, 0.3) is 11.5 Å². The quantitative estimate of drug-likeness (QED) is 0.523. The first kappa shape index (κ1) is 26.4. The van der Waals surface area contributed by atoms with E-state index in [9.17, 15) is 22.8 Å². The van der Waals surface area contributed by atoms with E-state index in [2.05, 4.69) is 20.3 Å². The van der Waals surface area contributed by atoms with Crippen LogP contribution in [0.4, 0.5) is 19.0 Å². The number of aryl methyl sites for hydroxylation is 1. The maximum atomic E-state index is 14.0. The molecule has 198 valence electrons. The second-order valence-electron chi connectivity index (χ2n) is 9.21. The van der Waals surface area contributed by atoms with Gasteiger partial charge in [-0.15, -0.1) is 0 Å². The number of alkyl halides is 3. The average Bonchev–Trinajstić information content (AvgIpc) is 2.81. The predicted octanol–water partition coefficient (Wildman–Crippen LogP) is 4.08. The number of amides is 1. The first-order chi connectivity index (χ1) is 17.4. The van der Waals surface area contributed by atoms with Crippen LogP contribution >= 0.6 is 0 Å². The maximum absolute atomic E-state index is 14.0. The Labute approximate surface area is 211 Å². The molecule has 0 saturated carbocycles. The van der Waals surface area contributed by atoms with Crippen molar-refractivity contribution in [3.05, 3.63) is 57.3 Å². The van der Waals surface area contributed by atoms with E-state index in [0.29, 0.717) is 13.1 Å². The molecule has 1 aromatic carbocycles. The number of carbonyl (C=O) groups is 1. The third-order valence-electron chi connectivity index (χ3n) is 6.15. The van der Waals surface area contributed by atoms with Crippen molar-refractivity contribution in [2.75, 3.05) is 25.5 Å². The van der Waals surface area contributed by atoms with Gasteiger partial charge in [0.05, 0.1) is 47.4 Å². The fourth-order valence-corrected chi connectivity index (χ4v) is 4.56. The minimum atomic E-state index is -4.68. The summed E-state index contributed by atoms with van der Waals surface area (Å²) in [5.74, 6) is 0.313. The molecule has 0 radical (unpaired) electrons. The fraction of sp³-hybridized carbons (Fsp3) is 0.440. The predicted molar refractivity (Wildman–Crippen MR) is 131 cm³/mol. The molecule has 4 rings (SSSR count). The number of ether oxygens (including phenoxy) is 2. The molecule has 9 nitrogen and oxygen atoms in total. The second kappa shape index (κ2) is 10.0. The normalized spacial score (nSPS) is 19.1. The largest absolute Gasteiger partial charge is 0.493 e. The van der Waals surface area contributed by atoms with Crippen LogP contribution in [-0.2, 0) is 10.9 Å². The number of halogens is 3. The summed E-state index contributed by atoms with van der Waals surface area (Å²) in [6, 6.07) is 2.64. The minimum absolute atomic E-state index is 0.0390. The topological polar surface area (TPSA) is 109 Å². The monoisotopic (exact) mass is 519 g/mol. The number of H-pyrrole nitrogens is 1. The number of methoxy groups -OCH3 is 1. The van der Waals surface area contributed by atoms with Crippen molar-refractivity contribution in [3.8, 4) is 5.75 Å². The molecule has 2 aromatic heterocycles. The third-order valence-corrected chi connectivity index (χ3v) is 6.15. The van der Waals surface area contributed by atoms with Gasteiger partial charge >= 0.3 is 6.18 Å². The van der Waals surface area contributed by atoms with Crippen LogP contribution in [0, 0.1) is 6.92 Å². The molecule has 1 fully saturated rings. The smallest absolute Gasteiger partial charge is 0.416 e. The lowest BCUT2D eigenvalue weighted by Gasteiger charge is -2.35. The Balaban J connectivity index is 1.66. The molecule has 3 atom stereocenters. The Kier molecular flexibility index (Phi) is 7.13. The highest BCUT2D eigenvalue weighted by atomic mass is 19.4. The molecule has 12 heteroatoms. The van der Waals surface area contributed by atoms with Crippen LogP contribution in [0.25, 0.3) is 10.9 Å². The zero-order valence-corrected chi connectivity index (χ0v) is 21.1. The molecule has 1 aliphatic heterocycles. The van der Waals surface area contributed by atoms with Gasteiger partial charge in [0, 0.05) is 19.3 Å². The second-order valence-corrected chi connectivity index (χ2v) is 9.21. The van der Waals surface area contributed by atoms with Crippen LogP contribution in [0.1, 0.15) is 54.1 Å². The lowest BCUT2D eigenvalue weighted by molar-refractivity contribution is -0.138. The number of carbonyl (C=O) groups excluding carboxylic acids is 1. The Bertz CT molecular complexity index is 1380. The number of nitrogens with one attached hydrogen (secondary N) is 2. The molecule has 1 saturated heterocycles. The summed E-state index contributed by atoms with van der Waals surface area (Å²) in [4.78, 5) is 37.9. The third kappa shape index (κ3) is 5.53. The first-order valence-electron chi connectivity index (χ1n) is 11.7. The molecule has 1 amide bonds. The number of hydrogen-bond donors (Lipinski definition) is 2. The summed E-state index contributed by atoms with van der Waals surface area (Å²) in [6.45, 7) is 7.64. The van der Waals surface area contributed by atoms with Crippen LogP contribution in [0.2, 0.25) is 0 Å². The molecule has 2 N–H and O–H groups in total. The van der Waals surface area contributed by atoms with E-state index in [1.165, 1.54) is 39.3 Å². The number of aromatic amines is 1. The number of anilines is 1. The first-order valence-corrected chi connectivity index (χ1v) is 11.7. The molecule has 1 unspecified atom stereocenters. The molecular formula is C25H28F3N5O4. The van der Waals surface area contributed by atoms with E-state index in [0.717, 1.165) is 6.07 Å².